The van der Waals surface area contributed by atoms with E-state index >= 15 is 0 Å². The van der Waals surface area contributed by atoms with Crippen LogP contribution in [0, 0.1) is 0 Å². The Morgan fingerprint density at radius 2 is 1.65 bits per heavy atom. The Bertz CT molecular complexity index is 1090. The first-order chi connectivity index (χ1) is 16.6. The average molecular weight is 465 g/mol. The van der Waals surface area contributed by atoms with Gasteiger partial charge in [-0.15, -0.1) is 0 Å². The van der Waals surface area contributed by atoms with Gasteiger partial charge in [0.2, 0.25) is 0 Å². The van der Waals surface area contributed by atoms with Gasteiger partial charge in [-0.2, -0.15) is 0 Å². The highest BCUT2D eigenvalue weighted by Crippen LogP contribution is 2.41. The zero-order chi connectivity index (χ0) is 23.5. The third kappa shape index (κ3) is 4.38. The summed E-state index contributed by atoms with van der Waals surface area (Å²) >= 11 is 0. The lowest BCUT2D eigenvalue weighted by Gasteiger charge is -2.29. The third-order valence-corrected chi connectivity index (χ3v) is 6.45. The number of hydrogen-bond donors (Lipinski definition) is 1. The van der Waals surface area contributed by atoms with Crippen LogP contribution in [0.2, 0.25) is 0 Å². The molecule has 8 nitrogen and oxygen atoms in total. The molecule has 0 radical (unpaired) electrons. The summed E-state index contributed by atoms with van der Waals surface area (Å²) in [7, 11) is 0. The molecule has 178 valence electrons. The molecule has 3 aliphatic heterocycles. The first kappa shape index (κ1) is 22.4. The fourth-order valence-electron chi connectivity index (χ4n) is 4.73. The van der Waals surface area contributed by atoms with Crippen LogP contribution in [0.1, 0.15) is 23.6 Å². The quantitative estimate of drug-likeness (QED) is 0.399. The molecule has 2 fully saturated rings. The van der Waals surface area contributed by atoms with Crippen LogP contribution < -0.4 is 9.47 Å². The summed E-state index contributed by atoms with van der Waals surface area (Å²) in [6.07, 6.45) is 0.723. The van der Waals surface area contributed by atoms with Gasteiger partial charge in [0.15, 0.2) is 11.5 Å². The lowest BCUT2D eigenvalue weighted by Crippen LogP contribution is -2.38. The second-order valence-electron chi connectivity index (χ2n) is 8.57. The Hall–Kier alpha value is -3.36. The SMILES string of the molecule is O=C1C(=O)N(CCCN2CCOCC2)[C@@H](c2ccccc2)/C1=C(\O)c1ccc2c(c1)OCCO2. The summed E-state index contributed by atoms with van der Waals surface area (Å²) in [6, 6.07) is 13.8. The van der Waals surface area contributed by atoms with Crippen LogP contribution in [0.5, 0.6) is 11.5 Å². The van der Waals surface area contributed by atoms with E-state index in [1.807, 2.05) is 30.3 Å². The van der Waals surface area contributed by atoms with E-state index < -0.39 is 17.7 Å². The summed E-state index contributed by atoms with van der Waals surface area (Å²) in [5, 5.41) is 11.3. The molecule has 0 spiro atoms. The highest BCUT2D eigenvalue weighted by Gasteiger charge is 2.45. The minimum atomic E-state index is -0.674. The Kier molecular flexibility index (Phi) is 6.51. The number of morpholine rings is 1. The highest BCUT2D eigenvalue weighted by atomic mass is 16.6. The van der Waals surface area contributed by atoms with Crippen molar-refractivity contribution in [1.82, 2.24) is 9.80 Å². The molecule has 0 bridgehead atoms. The van der Waals surface area contributed by atoms with Crippen molar-refractivity contribution >= 4 is 17.4 Å². The molecular weight excluding hydrogens is 436 g/mol. The minimum absolute atomic E-state index is 0.0965. The van der Waals surface area contributed by atoms with Gasteiger partial charge in [0.25, 0.3) is 11.7 Å². The predicted molar refractivity (Wildman–Crippen MR) is 125 cm³/mol. The molecule has 8 heteroatoms. The molecule has 5 rings (SSSR count). The van der Waals surface area contributed by atoms with Gasteiger partial charge in [-0.05, 0) is 30.2 Å². The van der Waals surface area contributed by atoms with Gasteiger partial charge in [0, 0.05) is 31.7 Å². The minimum Gasteiger partial charge on any atom is -0.507 e. The van der Waals surface area contributed by atoms with E-state index in [2.05, 4.69) is 4.90 Å². The highest BCUT2D eigenvalue weighted by molar-refractivity contribution is 6.46. The molecule has 1 amide bonds. The number of hydrogen-bond acceptors (Lipinski definition) is 7. The number of fused-ring (bicyclic) bond motifs is 1. The second kappa shape index (κ2) is 9.87. The molecule has 1 atom stereocenters. The summed E-state index contributed by atoms with van der Waals surface area (Å²) < 4.78 is 16.6. The number of rotatable bonds is 6. The van der Waals surface area contributed by atoms with Gasteiger partial charge in [-0.3, -0.25) is 14.5 Å². The number of ketones is 1. The maximum Gasteiger partial charge on any atom is 0.295 e. The summed E-state index contributed by atoms with van der Waals surface area (Å²) in [5.41, 5.74) is 1.29. The number of carbonyl (C=O) groups is 2. The van der Waals surface area contributed by atoms with Gasteiger partial charge in [-0.25, -0.2) is 0 Å². The van der Waals surface area contributed by atoms with E-state index in [1.165, 1.54) is 0 Å². The first-order valence-corrected chi connectivity index (χ1v) is 11.7. The van der Waals surface area contributed by atoms with Crippen LogP contribution in [0.25, 0.3) is 5.76 Å². The van der Waals surface area contributed by atoms with E-state index in [9.17, 15) is 14.7 Å². The van der Waals surface area contributed by atoms with E-state index in [-0.39, 0.29) is 11.3 Å². The van der Waals surface area contributed by atoms with Gasteiger partial charge in [0.1, 0.15) is 19.0 Å². The Labute approximate surface area is 198 Å². The fourth-order valence-corrected chi connectivity index (χ4v) is 4.73. The topological polar surface area (TPSA) is 88.5 Å². The number of aliphatic hydroxyl groups is 1. The van der Waals surface area contributed by atoms with Gasteiger partial charge < -0.3 is 24.2 Å². The van der Waals surface area contributed by atoms with Crippen LogP contribution >= 0.6 is 0 Å². The molecule has 0 unspecified atom stereocenters. The van der Waals surface area contributed by atoms with Crippen LogP contribution in [-0.4, -0.2) is 79.2 Å². The van der Waals surface area contributed by atoms with E-state index in [1.54, 1.807) is 23.1 Å². The largest absolute Gasteiger partial charge is 0.507 e. The van der Waals surface area contributed by atoms with Crippen molar-refractivity contribution in [2.75, 3.05) is 52.6 Å². The van der Waals surface area contributed by atoms with Gasteiger partial charge >= 0.3 is 0 Å². The molecule has 1 N–H and O–H groups in total. The van der Waals surface area contributed by atoms with E-state index in [0.29, 0.717) is 50.0 Å². The number of Topliss-reactive ketones (excluding diaryl/α,β-unsaturated/α-hetero) is 1. The number of likely N-dealkylation sites (tertiary alicyclic amines) is 1. The number of nitrogens with zero attached hydrogens (tertiary/aromatic N) is 2. The van der Waals surface area contributed by atoms with E-state index in [4.69, 9.17) is 14.2 Å². The van der Waals surface area contributed by atoms with Crippen LogP contribution in [0.3, 0.4) is 0 Å². The molecule has 0 saturated carbocycles. The summed E-state index contributed by atoms with van der Waals surface area (Å²) in [4.78, 5) is 30.2. The van der Waals surface area contributed by atoms with Crippen LogP contribution in [0.15, 0.2) is 54.1 Å². The van der Waals surface area contributed by atoms with Gasteiger partial charge in [-0.1, -0.05) is 30.3 Å². The number of ether oxygens (including phenoxy) is 3. The Morgan fingerprint density at radius 1 is 0.912 bits per heavy atom. The fraction of sp³-hybridized carbons (Fsp3) is 0.385. The lowest BCUT2D eigenvalue weighted by atomic mass is 9.95. The van der Waals surface area contributed by atoms with Crippen molar-refractivity contribution in [3.63, 3.8) is 0 Å². The standard InChI is InChI=1S/C26H28N2O6/c29-24(19-7-8-20-21(17-19)34-16-15-33-20)22-23(18-5-2-1-3-6-18)28(26(31)25(22)30)10-4-9-27-11-13-32-14-12-27/h1-3,5-8,17,23,29H,4,9-16H2/b24-22+/t23-/m0/s1. The average Bonchev–Trinajstić information content (AvgIpc) is 3.14. The molecule has 34 heavy (non-hydrogen) atoms. The van der Waals surface area contributed by atoms with Crippen molar-refractivity contribution < 1.29 is 28.9 Å². The van der Waals surface area contributed by atoms with Crippen LogP contribution in [-0.2, 0) is 14.3 Å². The second-order valence-corrected chi connectivity index (χ2v) is 8.57. The zero-order valence-corrected chi connectivity index (χ0v) is 18.9. The summed E-state index contributed by atoms with van der Waals surface area (Å²) in [6.45, 7) is 5.26. The maximum absolute atomic E-state index is 13.2. The molecular formula is C26H28N2O6. The molecule has 3 aliphatic rings. The lowest BCUT2D eigenvalue weighted by molar-refractivity contribution is -0.140. The third-order valence-electron chi connectivity index (χ3n) is 6.45. The van der Waals surface area contributed by atoms with Gasteiger partial charge in [0.05, 0.1) is 24.8 Å². The maximum atomic E-state index is 13.2. The number of amides is 1. The monoisotopic (exact) mass is 464 g/mol. The number of benzene rings is 2. The van der Waals surface area contributed by atoms with E-state index in [0.717, 1.165) is 31.6 Å². The molecule has 3 heterocycles. The zero-order valence-electron chi connectivity index (χ0n) is 18.9. The van der Waals surface area contributed by atoms with Crippen molar-refractivity contribution in [1.29, 1.82) is 0 Å². The van der Waals surface area contributed by atoms with Crippen LogP contribution in [0.4, 0.5) is 0 Å². The normalized spacial score (nSPS) is 22.2. The first-order valence-electron chi connectivity index (χ1n) is 11.7. The summed E-state index contributed by atoms with van der Waals surface area (Å²) in [5.74, 6) is -0.375. The predicted octanol–water partition coefficient (Wildman–Crippen LogP) is 2.60. The molecule has 0 aromatic heterocycles. The Balaban J connectivity index is 1.46. The number of aliphatic hydroxyl groups excluding tert-OH is 1. The van der Waals surface area contributed by atoms with Crippen molar-refractivity contribution in [2.24, 2.45) is 0 Å². The van der Waals surface area contributed by atoms with Crippen molar-refractivity contribution in [2.45, 2.75) is 12.5 Å². The number of carbonyl (C=O) groups excluding carboxylic acids is 2. The molecule has 2 saturated heterocycles. The van der Waals surface area contributed by atoms with Crippen molar-refractivity contribution in [3.8, 4) is 11.5 Å². The van der Waals surface area contributed by atoms with Crippen molar-refractivity contribution in [3.05, 3.63) is 65.2 Å². The smallest absolute Gasteiger partial charge is 0.295 e. The molecule has 2 aromatic rings. The molecule has 2 aromatic carbocycles. The Morgan fingerprint density at radius 3 is 2.41 bits per heavy atom. The molecule has 0 aliphatic carbocycles.